The van der Waals surface area contributed by atoms with Crippen LogP contribution in [0.2, 0.25) is 0 Å². The third-order valence-electron chi connectivity index (χ3n) is 5.80. The molecule has 3 aromatic rings. The van der Waals surface area contributed by atoms with Crippen LogP contribution in [0.4, 0.5) is 4.79 Å². The van der Waals surface area contributed by atoms with Crippen LogP contribution < -0.4 is 10.6 Å². The van der Waals surface area contributed by atoms with Gasteiger partial charge in [0, 0.05) is 24.4 Å². The molecule has 1 aliphatic carbocycles. The Morgan fingerprint density at radius 2 is 1.74 bits per heavy atom. The maximum Gasteiger partial charge on any atom is 0.407 e. The molecule has 0 fully saturated rings. The Labute approximate surface area is 196 Å². The molecule has 0 saturated heterocycles. The Balaban J connectivity index is 1.36. The molecule has 3 N–H and O–H groups in total. The van der Waals surface area contributed by atoms with Crippen molar-refractivity contribution in [2.24, 2.45) is 0 Å². The topological polar surface area (TPSA) is 131 Å². The second kappa shape index (κ2) is 10.7. The number of carbonyl (C=O) groups excluding carboxylic acids is 2. The van der Waals surface area contributed by atoms with Gasteiger partial charge in [0.2, 0.25) is 5.91 Å². The predicted octanol–water partition coefficient (Wildman–Crippen LogP) is 3.11. The first-order valence-electron chi connectivity index (χ1n) is 11.0. The molecule has 9 nitrogen and oxygen atoms in total. The molecule has 0 saturated carbocycles. The molecule has 0 aliphatic heterocycles. The van der Waals surface area contributed by atoms with Crippen molar-refractivity contribution in [3.8, 4) is 11.1 Å². The van der Waals surface area contributed by atoms with E-state index >= 15 is 0 Å². The van der Waals surface area contributed by atoms with Crippen LogP contribution in [0.3, 0.4) is 0 Å². The molecule has 9 heteroatoms. The lowest BCUT2D eigenvalue weighted by atomic mass is 9.98. The van der Waals surface area contributed by atoms with Crippen molar-refractivity contribution in [1.29, 1.82) is 0 Å². The van der Waals surface area contributed by atoms with Crippen LogP contribution in [0, 0.1) is 0 Å². The van der Waals surface area contributed by atoms with Gasteiger partial charge in [0.25, 0.3) is 0 Å². The summed E-state index contributed by atoms with van der Waals surface area (Å²) in [4.78, 5) is 36.2. The van der Waals surface area contributed by atoms with Crippen LogP contribution >= 0.6 is 0 Å². The van der Waals surface area contributed by atoms with E-state index in [1.165, 1.54) is 6.26 Å². The summed E-state index contributed by atoms with van der Waals surface area (Å²) in [5, 5.41) is 17.8. The van der Waals surface area contributed by atoms with Crippen LogP contribution in [0.15, 0.2) is 65.5 Å². The van der Waals surface area contributed by atoms with Gasteiger partial charge in [-0.3, -0.25) is 9.59 Å². The second-order valence-corrected chi connectivity index (χ2v) is 8.03. The monoisotopic (exact) mass is 463 g/mol. The van der Waals surface area contributed by atoms with Crippen molar-refractivity contribution in [3.05, 3.63) is 77.7 Å². The first-order valence-corrected chi connectivity index (χ1v) is 11.0. The number of carboxylic acids is 1. The molecule has 176 valence electrons. The van der Waals surface area contributed by atoms with Gasteiger partial charge in [0.1, 0.15) is 18.9 Å². The molecule has 1 aromatic heterocycles. The first kappa shape index (κ1) is 23.0. The van der Waals surface area contributed by atoms with Crippen molar-refractivity contribution >= 4 is 18.0 Å². The average molecular weight is 463 g/mol. The number of amides is 2. The molecule has 1 atom stereocenters. The highest BCUT2D eigenvalue weighted by atomic mass is 16.5. The van der Waals surface area contributed by atoms with Gasteiger partial charge in [-0.2, -0.15) is 0 Å². The molecule has 1 aliphatic rings. The summed E-state index contributed by atoms with van der Waals surface area (Å²) in [6.07, 6.45) is 2.41. The van der Waals surface area contributed by atoms with Crippen molar-refractivity contribution in [1.82, 2.24) is 15.8 Å². The number of benzene rings is 2. The number of hydrogen-bond acceptors (Lipinski definition) is 6. The summed E-state index contributed by atoms with van der Waals surface area (Å²) in [6.45, 7) is 0.386. The second-order valence-electron chi connectivity index (χ2n) is 8.03. The summed E-state index contributed by atoms with van der Waals surface area (Å²) in [7, 11) is 0. The van der Waals surface area contributed by atoms with Gasteiger partial charge in [-0.25, -0.2) is 4.79 Å². The quantitative estimate of drug-likeness (QED) is 0.421. The molecule has 2 amide bonds. The third kappa shape index (κ3) is 5.43. The molecule has 1 unspecified atom stereocenters. The first-order chi connectivity index (χ1) is 16.5. The summed E-state index contributed by atoms with van der Waals surface area (Å²) in [5.41, 5.74) is 5.18. The number of aliphatic carboxylic acids is 1. The molecular weight excluding hydrogens is 438 g/mol. The van der Waals surface area contributed by atoms with Crippen LogP contribution in [-0.4, -0.2) is 47.4 Å². The Morgan fingerprint density at radius 3 is 2.35 bits per heavy atom. The highest BCUT2D eigenvalue weighted by Crippen LogP contribution is 2.44. The van der Waals surface area contributed by atoms with E-state index in [1.54, 1.807) is 6.20 Å². The average Bonchev–Trinajstić information content (AvgIpc) is 3.46. The Hall–Kier alpha value is -4.14. The van der Waals surface area contributed by atoms with Gasteiger partial charge in [0.15, 0.2) is 0 Å². The maximum atomic E-state index is 12.6. The van der Waals surface area contributed by atoms with Crippen LogP contribution in [0.5, 0.6) is 0 Å². The largest absolute Gasteiger partial charge is 0.481 e. The van der Waals surface area contributed by atoms with Crippen molar-refractivity contribution < 1.29 is 28.8 Å². The summed E-state index contributed by atoms with van der Waals surface area (Å²) < 4.78 is 10.2. The van der Waals surface area contributed by atoms with Gasteiger partial charge >= 0.3 is 12.1 Å². The maximum absolute atomic E-state index is 12.6. The number of fused-ring (bicyclic) bond motifs is 3. The van der Waals surface area contributed by atoms with Crippen molar-refractivity contribution in [2.45, 2.75) is 31.2 Å². The smallest absolute Gasteiger partial charge is 0.407 e. The van der Waals surface area contributed by atoms with E-state index in [-0.39, 0.29) is 31.9 Å². The summed E-state index contributed by atoms with van der Waals surface area (Å²) in [5.74, 6) is -1.66. The van der Waals surface area contributed by atoms with E-state index in [4.69, 9.17) is 14.4 Å². The standard InChI is InChI=1S/C25H25N3O6/c29-23(30)10-9-22(24(31)26-12-11-16-13-27-34-14-16)28-25(32)33-15-21-19-7-3-1-5-17(19)18-6-2-4-8-20(18)21/h1-8,13-14,21-22H,9-12,15H2,(H,26,31)(H,28,32)(H,29,30). The van der Waals surface area contributed by atoms with Gasteiger partial charge in [-0.05, 0) is 35.1 Å². The Kier molecular flexibility index (Phi) is 7.22. The van der Waals surface area contributed by atoms with E-state index in [1.807, 2.05) is 48.5 Å². The van der Waals surface area contributed by atoms with E-state index < -0.39 is 24.0 Å². The number of carboxylic acid groups (broad SMARTS) is 1. The Morgan fingerprint density at radius 1 is 1.06 bits per heavy atom. The molecular formula is C25H25N3O6. The molecule has 1 heterocycles. The van der Waals surface area contributed by atoms with E-state index in [2.05, 4.69) is 15.8 Å². The summed E-state index contributed by atoms with van der Waals surface area (Å²) in [6, 6.07) is 14.9. The molecule has 0 spiro atoms. The zero-order valence-electron chi connectivity index (χ0n) is 18.4. The number of hydrogen-bond donors (Lipinski definition) is 3. The zero-order chi connectivity index (χ0) is 23.9. The van der Waals surface area contributed by atoms with Gasteiger partial charge in [-0.1, -0.05) is 53.7 Å². The fraction of sp³-hybridized carbons (Fsp3) is 0.280. The summed E-state index contributed by atoms with van der Waals surface area (Å²) >= 11 is 0. The van der Waals surface area contributed by atoms with Gasteiger partial charge < -0.3 is 25.0 Å². The number of alkyl carbamates (subject to hydrolysis) is 1. The van der Waals surface area contributed by atoms with Crippen LogP contribution in [-0.2, 0) is 20.7 Å². The predicted molar refractivity (Wildman–Crippen MR) is 122 cm³/mol. The van der Waals surface area contributed by atoms with Crippen LogP contribution in [0.1, 0.15) is 35.4 Å². The number of aromatic nitrogens is 1. The minimum Gasteiger partial charge on any atom is -0.481 e. The fourth-order valence-corrected chi connectivity index (χ4v) is 4.12. The molecule has 2 aromatic carbocycles. The molecule has 0 radical (unpaired) electrons. The van der Waals surface area contributed by atoms with Crippen molar-refractivity contribution in [2.75, 3.05) is 13.2 Å². The lowest BCUT2D eigenvalue weighted by molar-refractivity contribution is -0.137. The number of ether oxygens (including phenoxy) is 1. The molecule has 4 rings (SSSR count). The molecule has 34 heavy (non-hydrogen) atoms. The molecule has 0 bridgehead atoms. The number of nitrogens with zero attached hydrogens (tertiary/aromatic N) is 1. The van der Waals surface area contributed by atoms with Crippen LogP contribution in [0.25, 0.3) is 11.1 Å². The highest BCUT2D eigenvalue weighted by molar-refractivity contribution is 5.86. The highest BCUT2D eigenvalue weighted by Gasteiger charge is 2.30. The van der Waals surface area contributed by atoms with E-state index in [0.29, 0.717) is 6.42 Å². The normalized spacial score (nSPS) is 12.9. The lowest BCUT2D eigenvalue weighted by Gasteiger charge is -2.19. The van der Waals surface area contributed by atoms with Crippen molar-refractivity contribution in [3.63, 3.8) is 0 Å². The Bertz CT molecular complexity index is 1120. The van der Waals surface area contributed by atoms with E-state index in [0.717, 1.165) is 27.8 Å². The minimum absolute atomic E-state index is 0.0569. The third-order valence-corrected chi connectivity index (χ3v) is 5.80. The number of nitrogens with one attached hydrogen (secondary N) is 2. The van der Waals surface area contributed by atoms with Gasteiger partial charge in [0.05, 0.1) is 6.20 Å². The number of carbonyl (C=O) groups is 3. The van der Waals surface area contributed by atoms with Gasteiger partial charge in [-0.15, -0.1) is 0 Å². The lowest BCUT2D eigenvalue weighted by Crippen LogP contribution is -2.47. The fourth-order valence-electron chi connectivity index (χ4n) is 4.12. The minimum atomic E-state index is -1.06. The zero-order valence-corrected chi connectivity index (χ0v) is 18.4. The van der Waals surface area contributed by atoms with E-state index in [9.17, 15) is 14.4 Å². The number of rotatable bonds is 10. The SMILES string of the molecule is O=C(O)CCC(NC(=O)OCC1c2ccccc2-c2ccccc21)C(=O)NCCc1cnoc1.